The zero-order chi connectivity index (χ0) is 12.0. The second-order valence-corrected chi connectivity index (χ2v) is 2.71. The number of rotatable bonds is 5. The summed E-state index contributed by atoms with van der Waals surface area (Å²) in [6.07, 6.45) is 0. The molecule has 0 saturated heterocycles. The van der Waals surface area contributed by atoms with Crippen LogP contribution in [0.4, 0.5) is 5.69 Å². The van der Waals surface area contributed by atoms with E-state index >= 15 is 0 Å². The number of nitrogens with one attached hydrogen (secondary N) is 1. The van der Waals surface area contributed by atoms with Crippen molar-refractivity contribution in [3.8, 4) is 5.75 Å². The third kappa shape index (κ3) is 3.05. The predicted octanol–water partition coefficient (Wildman–Crippen LogP) is 0.705. The summed E-state index contributed by atoms with van der Waals surface area (Å²) in [5, 5.41) is 13.7. The lowest BCUT2D eigenvalue weighted by atomic mass is 10.3. The van der Waals surface area contributed by atoms with E-state index in [1.807, 2.05) is 5.43 Å². The summed E-state index contributed by atoms with van der Waals surface area (Å²) in [6, 6.07) is 5.79. The van der Waals surface area contributed by atoms with Crippen LogP contribution in [0, 0.1) is 10.1 Å². The van der Waals surface area contributed by atoms with Gasteiger partial charge in [-0.1, -0.05) is 12.1 Å². The van der Waals surface area contributed by atoms with Crippen LogP contribution in [0.5, 0.6) is 5.75 Å². The molecule has 0 aliphatic rings. The van der Waals surface area contributed by atoms with Crippen LogP contribution in [0.1, 0.15) is 0 Å². The molecule has 1 rings (SSSR count). The van der Waals surface area contributed by atoms with E-state index in [0.717, 1.165) is 0 Å². The zero-order valence-corrected chi connectivity index (χ0v) is 8.25. The minimum Gasteiger partial charge on any atom is -0.477 e. The molecule has 7 heteroatoms. The normalized spacial score (nSPS) is 9.25. The van der Waals surface area contributed by atoms with Crippen molar-refractivity contribution >= 4 is 18.3 Å². The number of amides is 1. The molecule has 7 nitrogen and oxygen atoms in total. The van der Waals surface area contributed by atoms with Crippen LogP contribution in [0.3, 0.4) is 0 Å². The molecule has 0 spiro atoms. The van der Waals surface area contributed by atoms with Crippen molar-refractivity contribution in [2.24, 2.45) is 5.10 Å². The Morgan fingerprint density at radius 2 is 2.25 bits per heavy atom. The van der Waals surface area contributed by atoms with Gasteiger partial charge in [-0.2, -0.15) is 5.10 Å². The van der Waals surface area contributed by atoms with Crippen LogP contribution < -0.4 is 10.2 Å². The molecule has 1 aromatic rings. The molecule has 0 aliphatic heterocycles. The van der Waals surface area contributed by atoms with Gasteiger partial charge < -0.3 is 4.74 Å². The summed E-state index contributed by atoms with van der Waals surface area (Å²) >= 11 is 0. The van der Waals surface area contributed by atoms with E-state index in [9.17, 15) is 14.9 Å². The van der Waals surface area contributed by atoms with Crippen molar-refractivity contribution in [1.82, 2.24) is 5.43 Å². The Hall–Kier alpha value is -2.44. The zero-order valence-electron chi connectivity index (χ0n) is 8.25. The first kappa shape index (κ1) is 11.6. The van der Waals surface area contributed by atoms with Crippen LogP contribution in [-0.4, -0.2) is 24.2 Å². The highest BCUT2D eigenvalue weighted by Gasteiger charge is 2.14. The number of carbonyl (C=O) groups excluding carboxylic acids is 1. The van der Waals surface area contributed by atoms with Crippen LogP contribution >= 0.6 is 0 Å². The van der Waals surface area contributed by atoms with E-state index in [1.165, 1.54) is 18.2 Å². The molecule has 0 heterocycles. The molecule has 0 bridgehead atoms. The van der Waals surface area contributed by atoms with E-state index in [4.69, 9.17) is 4.74 Å². The Kier molecular flexibility index (Phi) is 3.96. The number of nitro benzene ring substituents is 1. The number of hydrogen-bond acceptors (Lipinski definition) is 5. The number of ether oxygens (including phenoxy) is 1. The Morgan fingerprint density at radius 1 is 1.56 bits per heavy atom. The Morgan fingerprint density at radius 3 is 2.88 bits per heavy atom. The van der Waals surface area contributed by atoms with Gasteiger partial charge in [0.2, 0.25) is 0 Å². The monoisotopic (exact) mass is 223 g/mol. The average Bonchev–Trinajstić information content (AvgIpc) is 2.27. The van der Waals surface area contributed by atoms with E-state index in [0.29, 0.717) is 0 Å². The Labute approximate surface area is 90.9 Å². The molecule has 16 heavy (non-hydrogen) atoms. The maximum atomic E-state index is 11.0. The standard InChI is InChI=1S/C9H9N3O4/c1-10-11-9(13)6-16-8-5-3-2-4-7(8)12(14)15/h2-5H,1,6H2,(H,11,13). The van der Waals surface area contributed by atoms with Crippen LogP contribution in [0.25, 0.3) is 0 Å². The quantitative estimate of drug-likeness (QED) is 0.451. The molecule has 0 aliphatic carbocycles. The van der Waals surface area contributed by atoms with Gasteiger partial charge in [-0.05, 0) is 6.07 Å². The molecule has 0 unspecified atom stereocenters. The highest BCUT2D eigenvalue weighted by Crippen LogP contribution is 2.25. The summed E-state index contributed by atoms with van der Waals surface area (Å²) in [4.78, 5) is 21.0. The topological polar surface area (TPSA) is 93.8 Å². The maximum absolute atomic E-state index is 11.0. The molecular formula is C9H9N3O4. The summed E-state index contributed by atoms with van der Waals surface area (Å²) in [5.74, 6) is -0.500. The fourth-order valence-corrected chi connectivity index (χ4v) is 0.994. The summed E-state index contributed by atoms with van der Waals surface area (Å²) < 4.78 is 4.97. The molecule has 84 valence electrons. The van der Waals surface area contributed by atoms with E-state index in [1.54, 1.807) is 6.07 Å². The van der Waals surface area contributed by atoms with Gasteiger partial charge in [0, 0.05) is 12.8 Å². The smallest absolute Gasteiger partial charge is 0.310 e. The highest BCUT2D eigenvalue weighted by molar-refractivity contribution is 5.77. The molecule has 0 fully saturated rings. The van der Waals surface area contributed by atoms with Gasteiger partial charge in [0.1, 0.15) is 0 Å². The number of para-hydroxylation sites is 2. The number of nitrogens with zero attached hydrogens (tertiary/aromatic N) is 2. The summed E-state index contributed by atoms with van der Waals surface area (Å²) in [7, 11) is 0. The van der Waals surface area contributed by atoms with Crippen LogP contribution in [0.2, 0.25) is 0 Å². The predicted molar refractivity (Wildman–Crippen MR) is 56.3 cm³/mol. The van der Waals surface area contributed by atoms with Gasteiger partial charge in [0.15, 0.2) is 12.4 Å². The van der Waals surface area contributed by atoms with E-state index in [2.05, 4.69) is 11.8 Å². The van der Waals surface area contributed by atoms with Crippen molar-refractivity contribution < 1.29 is 14.5 Å². The van der Waals surface area contributed by atoms with Crippen molar-refractivity contribution in [3.05, 3.63) is 34.4 Å². The van der Waals surface area contributed by atoms with Gasteiger partial charge in [-0.3, -0.25) is 14.9 Å². The first-order chi connectivity index (χ1) is 7.65. The van der Waals surface area contributed by atoms with E-state index in [-0.39, 0.29) is 18.0 Å². The lowest BCUT2D eigenvalue weighted by molar-refractivity contribution is -0.385. The number of nitro groups is 1. The van der Waals surface area contributed by atoms with Crippen molar-refractivity contribution in [2.45, 2.75) is 0 Å². The van der Waals surface area contributed by atoms with Crippen molar-refractivity contribution in [3.63, 3.8) is 0 Å². The average molecular weight is 223 g/mol. The summed E-state index contributed by atoms with van der Waals surface area (Å²) in [5.41, 5.74) is 1.85. The number of hydrogen-bond donors (Lipinski definition) is 1. The Bertz CT molecular complexity index is 419. The highest BCUT2D eigenvalue weighted by atomic mass is 16.6. The lowest BCUT2D eigenvalue weighted by Gasteiger charge is -2.04. The number of benzene rings is 1. The molecule has 0 atom stereocenters. The van der Waals surface area contributed by atoms with Gasteiger partial charge >= 0.3 is 5.69 Å². The lowest BCUT2D eigenvalue weighted by Crippen LogP contribution is -2.24. The first-order valence-corrected chi connectivity index (χ1v) is 4.26. The minimum atomic E-state index is -0.584. The molecule has 1 aromatic carbocycles. The fraction of sp³-hybridized carbons (Fsp3) is 0.111. The molecule has 0 radical (unpaired) electrons. The Balaban J connectivity index is 2.70. The molecule has 0 aromatic heterocycles. The number of carbonyl (C=O) groups is 1. The third-order valence-corrected chi connectivity index (χ3v) is 1.62. The van der Waals surface area contributed by atoms with Crippen molar-refractivity contribution in [1.29, 1.82) is 0 Å². The molecular weight excluding hydrogens is 214 g/mol. The van der Waals surface area contributed by atoms with Gasteiger partial charge in [-0.25, -0.2) is 5.43 Å². The largest absolute Gasteiger partial charge is 0.477 e. The molecule has 0 saturated carbocycles. The molecule has 1 amide bonds. The van der Waals surface area contributed by atoms with Gasteiger partial charge in [-0.15, -0.1) is 0 Å². The van der Waals surface area contributed by atoms with Crippen molar-refractivity contribution in [2.75, 3.05) is 6.61 Å². The van der Waals surface area contributed by atoms with Gasteiger partial charge in [0.05, 0.1) is 4.92 Å². The third-order valence-electron chi connectivity index (χ3n) is 1.62. The fourth-order valence-electron chi connectivity index (χ4n) is 0.994. The summed E-state index contributed by atoms with van der Waals surface area (Å²) in [6.45, 7) is 2.70. The van der Waals surface area contributed by atoms with Gasteiger partial charge in [0.25, 0.3) is 5.91 Å². The second kappa shape index (κ2) is 5.44. The first-order valence-electron chi connectivity index (χ1n) is 4.26. The van der Waals surface area contributed by atoms with Crippen LogP contribution in [0.15, 0.2) is 29.4 Å². The minimum absolute atomic E-state index is 0.0340. The maximum Gasteiger partial charge on any atom is 0.310 e. The molecule has 1 N–H and O–H groups in total. The number of hydrazone groups is 1. The SMILES string of the molecule is C=NNC(=O)COc1ccccc1[N+](=O)[O-]. The second-order valence-electron chi connectivity index (χ2n) is 2.71. The van der Waals surface area contributed by atoms with Crippen LogP contribution in [-0.2, 0) is 4.79 Å². The van der Waals surface area contributed by atoms with E-state index < -0.39 is 10.8 Å².